The van der Waals surface area contributed by atoms with Crippen molar-refractivity contribution in [3.8, 4) is 0 Å². The third-order valence-electron chi connectivity index (χ3n) is 3.44. The maximum absolute atomic E-state index is 13.1. The molecule has 1 heterocycles. The van der Waals surface area contributed by atoms with Crippen LogP contribution >= 0.6 is 0 Å². The van der Waals surface area contributed by atoms with E-state index in [-0.39, 0.29) is 18.0 Å². The van der Waals surface area contributed by atoms with Gasteiger partial charge in [-0.25, -0.2) is 13.6 Å². The summed E-state index contributed by atoms with van der Waals surface area (Å²) >= 11 is 0. The quantitative estimate of drug-likeness (QED) is 0.901. The highest BCUT2D eigenvalue weighted by molar-refractivity contribution is 5.89. The number of carboxylic acid groups (broad SMARTS) is 1. The molecule has 2 N–H and O–H groups in total. The standard InChI is InChI=1S/C14H16F2N2O3/c15-11-4-3-10(7-12(11)16)17-14(21)18-5-1-2-9(8-18)6-13(19)20/h3-4,7,9H,1-2,5-6,8H2,(H,17,21)(H,19,20). The number of carbonyl (C=O) groups excluding carboxylic acids is 1. The van der Waals surface area contributed by atoms with Gasteiger partial charge in [-0.05, 0) is 30.9 Å². The Hall–Kier alpha value is -2.18. The number of urea groups is 1. The highest BCUT2D eigenvalue weighted by Gasteiger charge is 2.25. The van der Waals surface area contributed by atoms with Gasteiger partial charge in [-0.15, -0.1) is 0 Å². The fraction of sp³-hybridized carbons (Fsp3) is 0.429. The molecular formula is C14H16F2N2O3. The first-order valence-electron chi connectivity index (χ1n) is 6.68. The topological polar surface area (TPSA) is 69.6 Å². The average Bonchev–Trinajstić information content (AvgIpc) is 2.42. The Morgan fingerprint density at radius 1 is 1.33 bits per heavy atom. The van der Waals surface area contributed by atoms with Crippen molar-refractivity contribution in [2.45, 2.75) is 19.3 Å². The number of nitrogens with one attached hydrogen (secondary N) is 1. The van der Waals surface area contributed by atoms with Gasteiger partial charge >= 0.3 is 12.0 Å². The molecule has 0 bridgehead atoms. The molecule has 5 nitrogen and oxygen atoms in total. The van der Waals surface area contributed by atoms with Gasteiger partial charge in [-0.1, -0.05) is 0 Å². The van der Waals surface area contributed by atoms with Crippen LogP contribution in [0.4, 0.5) is 19.3 Å². The number of likely N-dealkylation sites (tertiary alicyclic amines) is 1. The van der Waals surface area contributed by atoms with E-state index < -0.39 is 23.6 Å². The van der Waals surface area contributed by atoms with Crippen LogP contribution in [0.1, 0.15) is 19.3 Å². The Balaban J connectivity index is 1.96. The maximum atomic E-state index is 13.1. The van der Waals surface area contributed by atoms with Crippen molar-refractivity contribution in [2.24, 2.45) is 5.92 Å². The first-order chi connectivity index (χ1) is 9.95. The third-order valence-corrected chi connectivity index (χ3v) is 3.44. The Labute approximate surface area is 120 Å². The number of nitrogens with zero attached hydrogens (tertiary/aromatic N) is 1. The minimum atomic E-state index is -1.03. The van der Waals surface area contributed by atoms with Gasteiger partial charge in [0.15, 0.2) is 11.6 Å². The highest BCUT2D eigenvalue weighted by Crippen LogP contribution is 2.21. The van der Waals surface area contributed by atoms with Crippen LogP contribution in [0.25, 0.3) is 0 Å². The normalized spacial score (nSPS) is 18.4. The van der Waals surface area contributed by atoms with Crippen molar-refractivity contribution in [2.75, 3.05) is 18.4 Å². The predicted molar refractivity (Wildman–Crippen MR) is 71.9 cm³/mol. The van der Waals surface area contributed by atoms with Crippen molar-refractivity contribution in [1.29, 1.82) is 0 Å². The van der Waals surface area contributed by atoms with Gasteiger partial charge in [0.05, 0.1) is 0 Å². The maximum Gasteiger partial charge on any atom is 0.321 e. The summed E-state index contributed by atoms with van der Waals surface area (Å²) in [6.07, 6.45) is 1.51. The van der Waals surface area contributed by atoms with E-state index in [1.165, 1.54) is 11.0 Å². The lowest BCUT2D eigenvalue weighted by Gasteiger charge is -2.32. The molecule has 1 aliphatic rings. The van der Waals surface area contributed by atoms with Crippen LogP contribution < -0.4 is 5.32 Å². The molecule has 21 heavy (non-hydrogen) atoms. The van der Waals surface area contributed by atoms with Crippen LogP contribution in [0.5, 0.6) is 0 Å². The minimum Gasteiger partial charge on any atom is -0.481 e. The van der Waals surface area contributed by atoms with Crippen molar-refractivity contribution in [3.05, 3.63) is 29.8 Å². The van der Waals surface area contributed by atoms with E-state index in [9.17, 15) is 18.4 Å². The summed E-state index contributed by atoms with van der Waals surface area (Å²) in [6, 6.07) is 2.69. The number of rotatable bonds is 3. The second kappa shape index (κ2) is 6.51. The van der Waals surface area contributed by atoms with E-state index in [4.69, 9.17) is 5.11 Å². The summed E-state index contributed by atoms with van der Waals surface area (Å²) in [6.45, 7) is 0.868. The smallest absolute Gasteiger partial charge is 0.321 e. The monoisotopic (exact) mass is 298 g/mol. The van der Waals surface area contributed by atoms with Crippen LogP contribution in [0.15, 0.2) is 18.2 Å². The van der Waals surface area contributed by atoms with E-state index in [0.717, 1.165) is 25.0 Å². The molecule has 2 amide bonds. The van der Waals surface area contributed by atoms with Gasteiger partial charge in [0, 0.05) is 31.3 Å². The molecule has 0 aromatic heterocycles. The van der Waals surface area contributed by atoms with Crippen LogP contribution in [-0.2, 0) is 4.79 Å². The SMILES string of the molecule is O=C(O)CC1CCCN(C(=O)Nc2ccc(F)c(F)c2)C1. The number of carbonyl (C=O) groups is 2. The molecule has 1 fully saturated rings. The predicted octanol–water partition coefficient (Wildman–Crippen LogP) is 2.68. The van der Waals surface area contributed by atoms with Crippen LogP contribution in [0.3, 0.4) is 0 Å². The van der Waals surface area contributed by atoms with E-state index in [1.807, 2.05) is 0 Å². The number of aliphatic carboxylic acids is 1. The van der Waals surface area contributed by atoms with Gasteiger partial charge < -0.3 is 15.3 Å². The van der Waals surface area contributed by atoms with E-state index in [2.05, 4.69) is 5.32 Å². The largest absolute Gasteiger partial charge is 0.481 e. The number of piperidine rings is 1. The van der Waals surface area contributed by atoms with Crippen LogP contribution in [0, 0.1) is 17.6 Å². The molecule has 1 atom stereocenters. The lowest BCUT2D eigenvalue weighted by Crippen LogP contribution is -2.42. The molecule has 1 aromatic rings. The summed E-state index contributed by atoms with van der Waals surface area (Å²) in [4.78, 5) is 24.3. The summed E-state index contributed by atoms with van der Waals surface area (Å²) in [5.41, 5.74) is 0.166. The number of benzene rings is 1. The van der Waals surface area contributed by atoms with E-state index in [1.54, 1.807) is 0 Å². The van der Waals surface area contributed by atoms with Crippen molar-refractivity contribution in [3.63, 3.8) is 0 Å². The molecule has 0 saturated carbocycles. The minimum absolute atomic E-state index is 0.0228. The number of halogens is 2. The van der Waals surface area contributed by atoms with E-state index >= 15 is 0 Å². The summed E-state index contributed by atoms with van der Waals surface area (Å²) in [5, 5.41) is 11.3. The van der Waals surface area contributed by atoms with Gasteiger partial charge in [-0.3, -0.25) is 4.79 Å². The summed E-state index contributed by atoms with van der Waals surface area (Å²) in [5.74, 6) is -2.97. The Morgan fingerprint density at radius 3 is 2.76 bits per heavy atom. The Kier molecular flexibility index (Phi) is 4.72. The summed E-state index contributed by atoms with van der Waals surface area (Å²) < 4.78 is 25.9. The van der Waals surface area contributed by atoms with Crippen molar-refractivity contribution >= 4 is 17.7 Å². The van der Waals surface area contributed by atoms with Gasteiger partial charge in [0.25, 0.3) is 0 Å². The van der Waals surface area contributed by atoms with Crippen molar-refractivity contribution < 1.29 is 23.5 Å². The zero-order valence-corrected chi connectivity index (χ0v) is 11.3. The first kappa shape index (κ1) is 15.2. The molecule has 0 spiro atoms. The number of anilines is 1. The van der Waals surface area contributed by atoms with Gasteiger partial charge in [0.1, 0.15) is 0 Å². The van der Waals surface area contributed by atoms with Gasteiger partial charge in [-0.2, -0.15) is 0 Å². The lowest BCUT2D eigenvalue weighted by atomic mass is 9.95. The number of amides is 2. The van der Waals surface area contributed by atoms with Crippen molar-refractivity contribution in [1.82, 2.24) is 4.90 Å². The molecular weight excluding hydrogens is 282 g/mol. The fourth-order valence-corrected chi connectivity index (χ4v) is 2.44. The molecule has 0 aliphatic carbocycles. The zero-order chi connectivity index (χ0) is 15.4. The zero-order valence-electron chi connectivity index (χ0n) is 11.3. The molecule has 1 unspecified atom stereocenters. The first-order valence-corrected chi connectivity index (χ1v) is 6.68. The lowest BCUT2D eigenvalue weighted by molar-refractivity contribution is -0.138. The summed E-state index contributed by atoms with van der Waals surface area (Å²) in [7, 11) is 0. The second-order valence-corrected chi connectivity index (χ2v) is 5.11. The average molecular weight is 298 g/mol. The molecule has 114 valence electrons. The molecule has 1 aliphatic heterocycles. The number of carboxylic acids is 1. The van der Waals surface area contributed by atoms with Crippen LogP contribution in [0.2, 0.25) is 0 Å². The molecule has 1 aromatic carbocycles. The number of hydrogen-bond donors (Lipinski definition) is 2. The number of hydrogen-bond acceptors (Lipinski definition) is 2. The third kappa shape index (κ3) is 4.14. The van der Waals surface area contributed by atoms with Gasteiger partial charge in [0.2, 0.25) is 0 Å². The second-order valence-electron chi connectivity index (χ2n) is 5.11. The fourth-order valence-electron chi connectivity index (χ4n) is 2.44. The molecule has 2 rings (SSSR count). The molecule has 1 saturated heterocycles. The van der Waals surface area contributed by atoms with E-state index in [0.29, 0.717) is 13.1 Å². The molecule has 0 radical (unpaired) electrons. The Morgan fingerprint density at radius 2 is 2.10 bits per heavy atom. The van der Waals surface area contributed by atoms with Crippen LogP contribution in [-0.4, -0.2) is 35.1 Å². The molecule has 7 heteroatoms. The Bertz CT molecular complexity index is 551. The highest BCUT2D eigenvalue weighted by atomic mass is 19.2.